The van der Waals surface area contributed by atoms with Gasteiger partial charge in [0.2, 0.25) is 5.91 Å². The van der Waals surface area contributed by atoms with Crippen molar-refractivity contribution >= 4 is 17.8 Å². The van der Waals surface area contributed by atoms with Crippen LogP contribution in [0.5, 0.6) is 5.75 Å². The van der Waals surface area contributed by atoms with E-state index in [9.17, 15) is 19.5 Å². The lowest BCUT2D eigenvalue weighted by Crippen LogP contribution is -2.74. The molecule has 158 valence electrons. The third kappa shape index (κ3) is 3.99. The maximum Gasteiger partial charge on any atom is 0.333 e. The highest BCUT2D eigenvalue weighted by atomic mass is 16.5. The Morgan fingerprint density at radius 2 is 1.70 bits per heavy atom. The Morgan fingerprint density at radius 3 is 2.23 bits per heavy atom. The van der Waals surface area contributed by atoms with Crippen molar-refractivity contribution in [2.24, 2.45) is 0 Å². The van der Waals surface area contributed by atoms with Gasteiger partial charge in [0, 0.05) is 5.56 Å². The zero-order chi connectivity index (χ0) is 21.8. The van der Waals surface area contributed by atoms with Crippen molar-refractivity contribution in [3.8, 4) is 5.75 Å². The van der Waals surface area contributed by atoms with Gasteiger partial charge in [-0.3, -0.25) is 9.59 Å². The molecule has 2 amide bonds. The minimum absolute atomic E-state index is 0.396. The Morgan fingerprint density at radius 1 is 1.07 bits per heavy atom. The molecule has 2 aromatic rings. The first-order valence-corrected chi connectivity index (χ1v) is 9.47. The van der Waals surface area contributed by atoms with Gasteiger partial charge in [-0.2, -0.15) is 0 Å². The molecule has 0 radical (unpaired) electrons. The number of hydrogen-bond donors (Lipinski definition) is 2. The molecule has 1 unspecified atom stereocenters. The maximum atomic E-state index is 13.0. The second-order valence-corrected chi connectivity index (χ2v) is 6.99. The van der Waals surface area contributed by atoms with E-state index < -0.39 is 42.0 Å². The predicted molar refractivity (Wildman–Crippen MR) is 108 cm³/mol. The lowest BCUT2D eigenvalue weighted by molar-refractivity contribution is -0.173. The Balaban J connectivity index is 1.87. The van der Waals surface area contributed by atoms with Gasteiger partial charge in [-0.15, -0.1) is 0 Å². The van der Waals surface area contributed by atoms with E-state index in [0.717, 1.165) is 0 Å². The number of methoxy groups -OCH3 is 2. The lowest BCUT2D eigenvalue weighted by atomic mass is 9.86. The summed E-state index contributed by atoms with van der Waals surface area (Å²) >= 11 is 0. The fourth-order valence-corrected chi connectivity index (χ4v) is 3.61. The minimum Gasteiger partial charge on any atom is -0.497 e. The molecule has 0 aromatic heterocycles. The van der Waals surface area contributed by atoms with Gasteiger partial charge in [0.1, 0.15) is 11.8 Å². The molecule has 0 bridgehead atoms. The highest BCUT2D eigenvalue weighted by Crippen LogP contribution is 2.35. The van der Waals surface area contributed by atoms with Gasteiger partial charge < -0.3 is 24.8 Å². The van der Waals surface area contributed by atoms with Crippen molar-refractivity contribution in [1.29, 1.82) is 0 Å². The summed E-state index contributed by atoms with van der Waals surface area (Å²) < 4.78 is 10.0. The zero-order valence-corrected chi connectivity index (χ0v) is 16.9. The summed E-state index contributed by atoms with van der Waals surface area (Å²) in [4.78, 5) is 39.3. The predicted octanol–water partition coefficient (Wildman–Crippen LogP) is 1.30. The summed E-state index contributed by atoms with van der Waals surface area (Å²) in [5.74, 6) is -0.959. The normalized spacial score (nSPS) is 20.0. The van der Waals surface area contributed by atoms with Crippen LogP contribution in [0.3, 0.4) is 0 Å². The number of β-lactam (4-membered cyclic amide) rings is 1. The zero-order valence-electron chi connectivity index (χ0n) is 16.9. The monoisotopic (exact) mass is 412 g/mol. The van der Waals surface area contributed by atoms with Crippen molar-refractivity contribution in [3.05, 3.63) is 65.7 Å². The minimum atomic E-state index is -1.06. The highest BCUT2D eigenvalue weighted by Gasteiger charge is 2.55. The van der Waals surface area contributed by atoms with Crippen molar-refractivity contribution in [1.82, 2.24) is 10.2 Å². The van der Waals surface area contributed by atoms with E-state index >= 15 is 0 Å². The standard InChI is InChI=1S/C22H24N2O6/c1-13(25)18-17(23-20(26)15-7-5-4-6-8-15)21(27)24(18)19(22(28)30-3)14-9-11-16(29-2)12-10-14/h4-13,17-19,25H,1-3H3,(H,23,26)/t13-,17+,18-,19?/m1/s1. The first-order valence-electron chi connectivity index (χ1n) is 9.47. The summed E-state index contributed by atoms with van der Waals surface area (Å²) in [7, 11) is 2.75. The molecule has 1 heterocycles. The molecule has 30 heavy (non-hydrogen) atoms. The Bertz CT molecular complexity index is 913. The van der Waals surface area contributed by atoms with Gasteiger partial charge in [-0.1, -0.05) is 30.3 Å². The summed E-state index contributed by atoms with van der Waals surface area (Å²) in [6, 6.07) is 12.3. The van der Waals surface area contributed by atoms with E-state index in [1.807, 2.05) is 0 Å². The first kappa shape index (κ1) is 21.3. The number of nitrogens with one attached hydrogen (secondary N) is 1. The van der Waals surface area contributed by atoms with Crippen molar-refractivity contribution < 1.29 is 29.0 Å². The SMILES string of the molecule is COC(=O)C(c1ccc(OC)cc1)N1C(=O)[C@@H](NC(=O)c2ccccc2)[C@H]1[C@@H](C)O. The Kier molecular flexibility index (Phi) is 6.37. The molecule has 1 aliphatic heterocycles. The molecule has 1 fully saturated rings. The van der Waals surface area contributed by atoms with Crippen LogP contribution in [0.25, 0.3) is 0 Å². The fraction of sp³-hybridized carbons (Fsp3) is 0.318. The lowest BCUT2D eigenvalue weighted by Gasteiger charge is -2.51. The molecule has 8 heteroatoms. The van der Waals surface area contributed by atoms with Crippen LogP contribution in [0.15, 0.2) is 54.6 Å². The molecule has 0 spiro atoms. The number of likely N-dealkylation sites (tertiary alicyclic amines) is 1. The Hall–Kier alpha value is -3.39. The molecule has 2 aromatic carbocycles. The van der Waals surface area contributed by atoms with Crippen LogP contribution in [-0.4, -0.2) is 60.2 Å². The second kappa shape index (κ2) is 8.96. The van der Waals surface area contributed by atoms with E-state index in [2.05, 4.69) is 5.32 Å². The van der Waals surface area contributed by atoms with Gasteiger partial charge in [-0.05, 0) is 36.8 Å². The van der Waals surface area contributed by atoms with Crippen LogP contribution < -0.4 is 10.1 Å². The van der Waals surface area contributed by atoms with Crippen molar-refractivity contribution in [2.75, 3.05) is 14.2 Å². The average molecular weight is 412 g/mol. The van der Waals surface area contributed by atoms with Gasteiger partial charge >= 0.3 is 5.97 Å². The second-order valence-electron chi connectivity index (χ2n) is 6.99. The molecule has 2 N–H and O–H groups in total. The highest BCUT2D eigenvalue weighted by molar-refractivity contribution is 6.01. The molecule has 8 nitrogen and oxygen atoms in total. The molecular weight excluding hydrogens is 388 g/mol. The number of amides is 2. The van der Waals surface area contributed by atoms with E-state index in [1.165, 1.54) is 26.0 Å². The van der Waals surface area contributed by atoms with Crippen LogP contribution >= 0.6 is 0 Å². The van der Waals surface area contributed by atoms with Crippen LogP contribution in [0.1, 0.15) is 28.9 Å². The third-order valence-electron chi connectivity index (χ3n) is 5.13. The molecular formula is C22H24N2O6. The fourth-order valence-electron chi connectivity index (χ4n) is 3.61. The largest absolute Gasteiger partial charge is 0.497 e. The molecule has 0 saturated carbocycles. The number of carbonyl (C=O) groups is 3. The maximum absolute atomic E-state index is 13.0. The summed E-state index contributed by atoms with van der Waals surface area (Å²) in [6.45, 7) is 1.51. The van der Waals surface area contributed by atoms with Gasteiger partial charge in [0.05, 0.1) is 26.4 Å². The smallest absolute Gasteiger partial charge is 0.333 e. The summed E-state index contributed by atoms with van der Waals surface area (Å²) in [5.41, 5.74) is 0.905. The molecule has 1 aliphatic rings. The van der Waals surface area contributed by atoms with Gasteiger partial charge in [0.25, 0.3) is 5.91 Å². The van der Waals surface area contributed by atoms with E-state index in [0.29, 0.717) is 16.9 Å². The average Bonchev–Trinajstić information content (AvgIpc) is 2.77. The van der Waals surface area contributed by atoms with Crippen molar-refractivity contribution in [3.63, 3.8) is 0 Å². The number of hydrogen-bond acceptors (Lipinski definition) is 6. The molecule has 3 rings (SSSR count). The van der Waals surface area contributed by atoms with Crippen molar-refractivity contribution in [2.45, 2.75) is 31.2 Å². The molecule has 1 saturated heterocycles. The molecule has 4 atom stereocenters. The number of aliphatic hydroxyl groups excluding tert-OH is 1. The number of ether oxygens (including phenoxy) is 2. The number of nitrogens with zero attached hydrogens (tertiary/aromatic N) is 1. The third-order valence-corrected chi connectivity index (χ3v) is 5.13. The van der Waals surface area contributed by atoms with Crippen LogP contribution in [0.4, 0.5) is 0 Å². The number of benzene rings is 2. The van der Waals surface area contributed by atoms with E-state index in [4.69, 9.17) is 9.47 Å². The van der Waals surface area contributed by atoms with Crippen LogP contribution in [-0.2, 0) is 14.3 Å². The number of aliphatic hydroxyl groups is 1. The van der Waals surface area contributed by atoms with Crippen LogP contribution in [0, 0.1) is 0 Å². The number of esters is 1. The number of rotatable bonds is 7. The van der Waals surface area contributed by atoms with Crippen LogP contribution in [0.2, 0.25) is 0 Å². The molecule has 0 aliphatic carbocycles. The summed E-state index contributed by atoms with van der Waals surface area (Å²) in [5, 5.41) is 13.0. The van der Waals surface area contributed by atoms with Gasteiger partial charge in [0.15, 0.2) is 6.04 Å². The first-order chi connectivity index (χ1) is 14.4. The quantitative estimate of drug-likeness (QED) is 0.525. The van der Waals surface area contributed by atoms with E-state index in [-0.39, 0.29) is 0 Å². The van der Waals surface area contributed by atoms with E-state index in [1.54, 1.807) is 54.6 Å². The topological polar surface area (TPSA) is 105 Å². The summed E-state index contributed by atoms with van der Waals surface area (Å²) in [6.07, 6.45) is -0.992. The Labute approximate surface area is 174 Å². The van der Waals surface area contributed by atoms with Gasteiger partial charge in [-0.25, -0.2) is 4.79 Å². The number of carbonyl (C=O) groups excluding carboxylic acids is 3.